The van der Waals surface area contributed by atoms with Gasteiger partial charge in [0.05, 0.1) is 6.07 Å². The molecule has 0 aromatic rings. The van der Waals surface area contributed by atoms with Gasteiger partial charge in [-0.25, -0.2) is 0 Å². The van der Waals surface area contributed by atoms with Crippen LogP contribution < -0.4 is 5.32 Å². The number of nitrogens with one attached hydrogen (secondary N) is 1. The Balaban J connectivity index is 2.28. The second-order valence-corrected chi connectivity index (χ2v) is 4.88. The van der Waals surface area contributed by atoms with Crippen molar-refractivity contribution in [3.05, 3.63) is 0 Å². The molecule has 0 atom stereocenters. The summed E-state index contributed by atoms with van der Waals surface area (Å²) < 4.78 is 0. The number of nitriles is 1. The molecule has 0 spiro atoms. The molecule has 1 rings (SSSR count). The van der Waals surface area contributed by atoms with Gasteiger partial charge in [0.2, 0.25) is 5.91 Å². The first-order valence-electron chi connectivity index (χ1n) is 5.91. The Labute approximate surface area is 97.6 Å². The first kappa shape index (κ1) is 13.0. The van der Waals surface area contributed by atoms with Crippen LogP contribution in [0, 0.1) is 16.7 Å². The minimum Gasteiger partial charge on any atom is -0.353 e. The van der Waals surface area contributed by atoms with Crippen LogP contribution in [0.1, 0.15) is 33.1 Å². The van der Waals surface area contributed by atoms with E-state index in [1.54, 1.807) is 0 Å². The third-order valence-electron chi connectivity index (χ3n) is 3.49. The van der Waals surface area contributed by atoms with Gasteiger partial charge in [0.25, 0.3) is 0 Å². The zero-order valence-corrected chi connectivity index (χ0v) is 10.4. The Morgan fingerprint density at radius 1 is 1.56 bits per heavy atom. The predicted octanol–water partition coefficient (Wildman–Crippen LogP) is 1.14. The van der Waals surface area contributed by atoms with Crippen molar-refractivity contribution in [3.63, 3.8) is 0 Å². The lowest BCUT2D eigenvalue weighted by Crippen LogP contribution is -2.46. The first-order chi connectivity index (χ1) is 7.52. The van der Waals surface area contributed by atoms with Crippen molar-refractivity contribution in [1.29, 1.82) is 5.26 Å². The predicted molar refractivity (Wildman–Crippen MR) is 62.7 cm³/mol. The van der Waals surface area contributed by atoms with Crippen LogP contribution in [0.2, 0.25) is 0 Å². The quantitative estimate of drug-likeness (QED) is 0.760. The minimum atomic E-state index is -0.712. The monoisotopic (exact) mass is 223 g/mol. The van der Waals surface area contributed by atoms with E-state index in [0.717, 1.165) is 25.8 Å². The standard InChI is InChI=1S/C12H21N3O/c1-10(2)15(3)8-7-14-11(16)12(9-13)5-4-6-12/h10H,4-8H2,1-3H3,(H,14,16). The van der Waals surface area contributed by atoms with Gasteiger partial charge in [0, 0.05) is 19.1 Å². The molecule has 16 heavy (non-hydrogen) atoms. The maximum Gasteiger partial charge on any atom is 0.240 e. The van der Waals surface area contributed by atoms with Crippen molar-refractivity contribution in [2.24, 2.45) is 5.41 Å². The van der Waals surface area contributed by atoms with Crippen molar-refractivity contribution in [1.82, 2.24) is 10.2 Å². The Kier molecular flexibility index (Phi) is 4.31. The van der Waals surface area contributed by atoms with Gasteiger partial charge in [0.1, 0.15) is 5.41 Å². The fraction of sp³-hybridized carbons (Fsp3) is 0.833. The summed E-state index contributed by atoms with van der Waals surface area (Å²) in [4.78, 5) is 13.9. The molecule has 1 aliphatic rings. The van der Waals surface area contributed by atoms with Crippen LogP contribution in [-0.2, 0) is 4.79 Å². The van der Waals surface area contributed by atoms with E-state index in [1.165, 1.54) is 0 Å². The average molecular weight is 223 g/mol. The van der Waals surface area contributed by atoms with Crippen molar-refractivity contribution < 1.29 is 4.79 Å². The first-order valence-corrected chi connectivity index (χ1v) is 5.91. The molecule has 0 heterocycles. The Bertz CT molecular complexity index is 289. The molecule has 0 unspecified atom stereocenters. The van der Waals surface area contributed by atoms with Gasteiger partial charge in [-0.1, -0.05) is 0 Å². The maximum absolute atomic E-state index is 11.8. The molecule has 0 radical (unpaired) electrons. The van der Waals surface area contributed by atoms with Crippen LogP contribution in [0.5, 0.6) is 0 Å². The smallest absolute Gasteiger partial charge is 0.240 e. The molecule has 1 aliphatic carbocycles. The Morgan fingerprint density at radius 2 is 2.19 bits per heavy atom. The number of rotatable bonds is 5. The highest BCUT2D eigenvalue weighted by atomic mass is 16.2. The SMILES string of the molecule is CC(C)N(C)CCNC(=O)C1(C#N)CCC1. The van der Waals surface area contributed by atoms with E-state index >= 15 is 0 Å². The molecule has 1 fully saturated rings. The summed E-state index contributed by atoms with van der Waals surface area (Å²) >= 11 is 0. The van der Waals surface area contributed by atoms with E-state index in [-0.39, 0.29) is 5.91 Å². The molecule has 4 heteroatoms. The number of hydrogen-bond acceptors (Lipinski definition) is 3. The highest BCUT2D eigenvalue weighted by Crippen LogP contribution is 2.40. The summed E-state index contributed by atoms with van der Waals surface area (Å²) in [6.07, 6.45) is 2.43. The fourth-order valence-corrected chi connectivity index (χ4v) is 1.69. The lowest BCUT2D eigenvalue weighted by molar-refractivity contribution is -0.131. The number of nitrogens with zero attached hydrogens (tertiary/aromatic N) is 2. The van der Waals surface area contributed by atoms with Crippen LogP contribution in [-0.4, -0.2) is 37.0 Å². The average Bonchev–Trinajstić information content (AvgIpc) is 2.16. The molecule has 1 N–H and O–H groups in total. The zero-order chi connectivity index (χ0) is 12.2. The topological polar surface area (TPSA) is 56.1 Å². The molecule has 0 bridgehead atoms. The number of amides is 1. The van der Waals surface area contributed by atoms with Gasteiger partial charge >= 0.3 is 0 Å². The normalized spacial score (nSPS) is 18.0. The van der Waals surface area contributed by atoms with Gasteiger partial charge in [-0.2, -0.15) is 5.26 Å². The van der Waals surface area contributed by atoms with E-state index in [4.69, 9.17) is 5.26 Å². The van der Waals surface area contributed by atoms with Crippen LogP contribution >= 0.6 is 0 Å². The summed E-state index contributed by atoms with van der Waals surface area (Å²) in [6.45, 7) is 5.68. The van der Waals surface area contributed by atoms with Crippen molar-refractivity contribution in [2.75, 3.05) is 20.1 Å². The van der Waals surface area contributed by atoms with Crippen LogP contribution in [0.15, 0.2) is 0 Å². The lowest BCUT2D eigenvalue weighted by atomic mass is 9.69. The van der Waals surface area contributed by atoms with Crippen molar-refractivity contribution in [2.45, 2.75) is 39.2 Å². The fourth-order valence-electron chi connectivity index (χ4n) is 1.69. The summed E-state index contributed by atoms with van der Waals surface area (Å²) in [6, 6.07) is 2.63. The number of likely N-dealkylation sites (N-methyl/N-ethyl adjacent to an activating group) is 1. The molecule has 1 saturated carbocycles. The minimum absolute atomic E-state index is 0.0848. The summed E-state index contributed by atoms with van der Waals surface area (Å²) in [5.74, 6) is -0.0848. The van der Waals surface area contributed by atoms with E-state index in [9.17, 15) is 4.79 Å². The molecular weight excluding hydrogens is 202 g/mol. The van der Waals surface area contributed by atoms with Gasteiger partial charge in [-0.3, -0.25) is 4.79 Å². The Hall–Kier alpha value is -1.08. The van der Waals surface area contributed by atoms with Crippen molar-refractivity contribution >= 4 is 5.91 Å². The van der Waals surface area contributed by atoms with Gasteiger partial charge < -0.3 is 10.2 Å². The van der Waals surface area contributed by atoms with Gasteiger partial charge in [-0.05, 0) is 40.2 Å². The molecule has 1 amide bonds. The number of hydrogen-bond donors (Lipinski definition) is 1. The van der Waals surface area contributed by atoms with Crippen LogP contribution in [0.4, 0.5) is 0 Å². The molecule has 0 saturated heterocycles. The highest BCUT2D eigenvalue weighted by molar-refractivity contribution is 5.86. The van der Waals surface area contributed by atoms with Crippen molar-refractivity contribution in [3.8, 4) is 6.07 Å². The molecule has 0 aromatic carbocycles. The Morgan fingerprint density at radius 3 is 2.56 bits per heavy atom. The summed E-state index contributed by atoms with van der Waals surface area (Å²) in [5.41, 5.74) is -0.712. The van der Waals surface area contributed by atoms with E-state index in [1.807, 2.05) is 7.05 Å². The van der Waals surface area contributed by atoms with Gasteiger partial charge in [0.15, 0.2) is 0 Å². The van der Waals surface area contributed by atoms with Crippen LogP contribution in [0.25, 0.3) is 0 Å². The van der Waals surface area contributed by atoms with E-state index in [2.05, 4.69) is 30.1 Å². The molecule has 0 aliphatic heterocycles. The number of carbonyl (C=O) groups excluding carboxylic acids is 1. The lowest BCUT2D eigenvalue weighted by Gasteiger charge is -2.33. The third kappa shape index (κ3) is 2.73. The molecule has 90 valence electrons. The summed E-state index contributed by atoms with van der Waals surface area (Å²) in [5, 5.41) is 11.8. The second-order valence-electron chi connectivity index (χ2n) is 4.88. The second kappa shape index (κ2) is 5.31. The zero-order valence-electron chi connectivity index (χ0n) is 10.4. The van der Waals surface area contributed by atoms with E-state index in [0.29, 0.717) is 12.6 Å². The van der Waals surface area contributed by atoms with Crippen LogP contribution in [0.3, 0.4) is 0 Å². The largest absolute Gasteiger partial charge is 0.353 e. The molecular formula is C12H21N3O. The molecule has 4 nitrogen and oxygen atoms in total. The third-order valence-corrected chi connectivity index (χ3v) is 3.49. The highest BCUT2D eigenvalue weighted by Gasteiger charge is 2.44. The summed E-state index contributed by atoms with van der Waals surface area (Å²) in [7, 11) is 2.03. The maximum atomic E-state index is 11.8. The van der Waals surface area contributed by atoms with Gasteiger partial charge in [-0.15, -0.1) is 0 Å². The van der Waals surface area contributed by atoms with E-state index < -0.39 is 5.41 Å². The molecule has 0 aromatic heterocycles. The number of carbonyl (C=O) groups is 1.